The Bertz CT molecular complexity index is 925. The van der Waals surface area contributed by atoms with E-state index >= 15 is 0 Å². The van der Waals surface area contributed by atoms with Crippen molar-refractivity contribution in [2.24, 2.45) is 4.40 Å². The predicted octanol–water partition coefficient (Wildman–Crippen LogP) is 7.03. The van der Waals surface area contributed by atoms with Gasteiger partial charge in [-0.2, -0.15) is 0 Å². The molecule has 0 bridgehead atoms. The maximum absolute atomic E-state index is 10.9. The summed E-state index contributed by atoms with van der Waals surface area (Å²) in [5, 5.41) is 0. The van der Waals surface area contributed by atoms with Gasteiger partial charge in [0, 0.05) is 24.1 Å². The third kappa shape index (κ3) is 7.06. The fraction of sp³-hybridized carbons (Fsp3) is 0.286. The predicted molar refractivity (Wildman–Crippen MR) is 139 cm³/mol. The van der Waals surface area contributed by atoms with E-state index < -0.39 is 15.2 Å². The normalized spacial score (nSPS) is 16.1. The Hall–Kier alpha value is -2.40. The van der Waals surface area contributed by atoms with Gasteiger partial charge in [-0.15, -0.1) is 0 Å². The number of hydrogen-bond acceptors (Lipinski definition) is 3. The maximum Gasteiger partial charge on any atom is 0.0601 e. The van der Waals surface area contributed by atoms with E-state index in [-0.39, 0.29) is 6.04 Å². The van der Waals surface area contributed by atoms with Crippen molar-refractivity contribution >= 4 is 16.7 Å². The average Bonchev–Trinajstić information content (AvgIpc) is 2.77. The van der Waals surface area contributed by atoms with Crippen molar-refractivity contribution < 1.29 is 4.55 Å². The van der Waals surface area contributed by atoms with Gasteiger partial charge in [0.1, 0.15) is 0 Å². The van der Waals surface area contributed by atoms with Gasteiger partial charge in [-0.05, 0) is 54.4 Å². The fourth-order valence-electron chi connectivity index (χ4n) is 3.38. The zero-order valence-electron chi connectivity index (χ0n) is 19.3. The molecule has 0 saturated heterocycles. The largest absolute Gasteiger partial charge is 0.331 e. The summed E-state index contributed by atoms with van der Waals surface area (Å²) in [7, 11) is -2.62. The number of benzene rings is 3. The lowest BCUT2D eigenvalue weighted by molar-refractivity contribution is 0.225. The number of nitrogens with zero attached hydrogens (tertiary/aromatic N) is 2. The molecule has 3 rings (SSSR count). The standard InChI is InChI=1S/C28H34N2OS/c1-28(2,3)32(4,31)29-21-27(20-24-14-8-5-9-15-24)30(22-25-16-10-6-11-17-25)23-26-18-12-7-13-19-26/h4-19,21,27,31H,20,22-23H2,1-3H3. The van der Waals surface area contributed by atoms with Crippen molar-refractivity contribution in [1.29, 1.82) is 0 Å². The van der Waals surface area contributed by atoms with Crippen LogP contribution in [0.2, 0.25) is 0 Å². The zero-order valence-corrected chi connectivity index (χ0v) is 20.1. The Balaban J connectivity index is 1.96. The molecule has 0 aliphatic rings. The molecule has 32 heavy (non-hydrogen) atoms. The molecule has 3 aromatic carbocycles. The maximum atomic E-state index is 10.9. The molecule has 0 aromatic heterocycles. The van der Waals surface area contributed by atoms with E-state index in [1.54, 1.807) is 0 Å². The zero-order chi connectivity index (χ0) is 23.0. The first-order valence-electron chi connectivity index (χ1n) is 11.0. The highest BCUT2D eigenvalue weighted by molar-refractivity contribution is 8.30. The summed E-state index contributed by atoms with van der Waals surface area (Å²) >= 11 is 0. The highest BCUT2D eigenvalue weighted by Crippen LogP contribution is 2.55. The van der Waals surface area contributed by atoms with Crippen molar-refractivity contribution in [2.75, 3.05) is 0 Å². The molecule has 2 radical (unpaired) electrons. The Morgan fingerprint density at radius 3 is 1.62 bits per heavy atom. The molecule has 4 heteroatoms. The average molecular weight is 447 g/mol. The second kappa shape index (κ2) is 11.0. The minimum atomic E-state index is -2.62. The van der Waals surface area contributed by atoms with E-state index in [0.717, 1.165) is 19.5 Å². The lowest BCUT2D eigenvalue weighted by Gasteiger charge is -2.38. The summed E-state index contributed by atoms with van der Waals surface area (Å²) in [6.45, 7) is 7.33. The molecule has 0 amide bonds. The second-order valence-electron chi connectivity index (χ2n) is 9.09. The molecule has 0 aliphatic carbocycles. The monoisotopic (exact) mass is 446 g/mol. The molecule has 1 N–H and O–H groups in total. The Morgan fingerprint density at radius 1 is 0.812 bits per heavy atom. The highest BCUT2D eigenvalue weighted by Gasteiger charge is 2.30. The van der Waals surface area contributed by atoms with Crippen LogP contribution in [0.5, 0.6) is 0 Å². The van der Waals surface area contributed by atoms with E-state index in [1.807, 2.05) is 45.2 Å². The topological polar surface area (TPSA) is 35.8 Å². The van der Waals surface area contributed by atoms with Gasteiger partial charge in [0.25, 0.3) is 0 Å². The van der Waals surface area contributed by atoms with Crippen LogP contribution < -0.4 is 0 Å². The summed E-state index contributed by atoms with van der Waals surface area (Å²) in [6.07, 6.45) is 8.92. The highest BCUT2D eigenvalue weighted by atomic mass is 32.3. The molecular weight excluding hydrogens is 412 g/mol. The third-order valence-corrected chi connectivity index (χ3v) is 7.75. The van der Waals surface area contributed by atoms with Crippen LogP contribution in [0.1, 0.15) is 37.5 Å². The van der Waals surface area contributed by atoms with Gasteiger partial charge in [0.15, 0.2) is 0 Å². The molecule has 0 fully saturated rings. The van der Waals surface area contributed by atoms with E-state index in [2.05, 4.69) is 82.1 Å². The van der Waals surface area contributed by atoms with Crippen molar-refractivity contribution in [2.45, 2.75) is 51.1 Å². The smallest absolute Gasteiger partial charge is 0.0601 e. The van der Waals surface area contributed by atoms with E-state index in [0.29, 0.717) is 0 Å². The molecule has 3 aromatic rings. The van der Waals surface area contributed by atoms with Crippen LogP contribution in [-0.2, 0) is 19.5 Å². The SMILES string of the molecule is [CH]S(O)(N=CC(Cc1ccccc1)N(Cc1ccccc1)Cc1ccccc1)C(C)(C)C. The van der Waals surface area contributed by atoms with Crippen LogP contribution in [0, 0.1) is 6.26 Å². The molecule has 0 aliphatic heterocycles. The van der Waals surface area contributed by atoms with Crippen LogP contribution in [0.4, 0.5) is 0 Å². The summed E-state index contributed by atoms with van der Waals surface area (Å²) < 4.78 is 15.0. The first-order chi connectivity index (χ1) is 15.2. The third-order valence-electron chi connectivity index (χ3n) is 5.51. The molecule has 2 atom stereocenters. The van der Waals surface area contributed by atoms with Crippen molar-refractivity contribution in [3.63, 3.8) is 0 Å². The Labute approximate surface area is 195 Å². The second-order valence-corrected chi connectivity index (χ2v) is 11.7. The van der Waals surface area contributed by atoms with E-state index in [9.17, 15) is 4.55 Å². The first kappa shape index (κ1) is 24.2. The molecule has 0 saturated carbocycles. The van der Waals surface area contributed by atoms with Crippen molar-refractivity contribution in [3.05, 3.63) is 114 Å². The van der Waals surface area contributed by atoms with Crippen molar-refractivity contribution in [1.82, 2.24) is 4.90 Å². The molecule has 3 nitrogen and oxygen atoms in total. The summed E-state index contributed by atoms with van der Waals surface area (Å²) in [6, 6.07) is 31.3. The quantitative estimate of drug-likeness (QED) is 0.358. The van der Waals surface area contributed by atoms with Crippen LogP contribution in [0.25, 0.3) is 0 Å². The number of hydrogen-bond donors (Lipinski definition) is 1. The Morgan fingerprint density at radius 2 is 1.22 bits per heavy atom. The minimum absolute atomic E-state index is 0.0252. The number of rotatable bonds is 9. The fourth-order valence-corrected chi connectivity index (χ4v) is 4.02. The van der Waals surface area contributed by atoms with Gasteiger partial charge >= 0.3 is 0 Å². The first-order valence-corrected chi connectivity index (χ1v) is 12.6. The van der Waals surface area contributed by atoms with Crippen LogP contribution in [-0.4, -0.2) is 26.5 Å². The van der Waals surface area contributed by atoms with Gasteiger partial charge in [0.05, 0.1) is 12.3 Å². The molecular formula is C28H34N2OS. The van der Waals surface area contributed by atoms with Gasteiger partial charge in [-0.1, -0.05) is 91.0 Å². The summed E-state index contributed by atoms with van der Waals surface area (Å²) in [4.78, 5) is 2.40. The van der Waals surface area contributed by atoms with Gasteiger partial charge in [0.2, 0.25) is 0 Å². The molecule has 0 spiro atoms. The lowest BCUT2D eigenvalue weighted by atomic mass is 10.0. The van der Waals surface area contributed by atoms with Crippen LogP contribution in [0.15, 0.2) is 95.4 Å². The Kier molecular flexibility index (Phi) is 8.30. The minimum Gasteiger partial charge on any atom is -0.331 e. The summed E-state index contributed by atoms with van der Waals surface area (Å²) in [5.41, 5.74) is 3.70. The van der Waals surface area contributed by atoms with Crippen LogP contribution in [0.3, 0.4) is 0 Å². The van der Waals surface area contributed by atoms with Crippen molar-refractivity contribution in [3.8, 4) is 0 Å². The van der Waals surface area contributed by atoms with Gasteiger partial charge < -0.3 is 4.55 Å². The van der Waals surface area contributed by atoms with E-state index in [1.165, 1.54) is 16.7 Å². The molecule has 2 unspecified atom stereocenters. The van der Waals surface area contributed by atoms with Crippen LogP contribution >= 0.6 is 10.5 Å². The van der Waals surface area contributed by atoms with Gasteiger partial charge in [-0.25, -0.2) is 4.40 Å². The molecule has 0 heterocycles. The van der Waals surface area contributed by atoms with E-state index in [4.69, 9.17) is 6.26 Å². The lowest BCUT2D eigenvalue weighted by Crippen LogP contribution is -2.37. The summed E-state index contributed by atoms with van der Waals surface area (Å²) in [5.74, 6) is 0. The molecule has 168 valence electrons. The van der Waals surface area contributed by atoms with Gasteiger partial charge in [-0.3, -0.25) is 4.90 Å².